The van der Waals surface area contributed by atoms with E-state index in [-0.39, 0.29) is 0 Å². The van der Waals surface area contributed by atoms with E-state index in [0.717, 1.165) is 6.54 Å². The maximum absolute atomic E-state index is 10.6. The second kappa shape index (κ2) is 3.23. The fourth-order valence-electron chi connectivity index (χ4n) is 1.16. The highest BCUT2D eigenvalue weighted by Gasteiger charge is 2.27. The Bertz CT molecular complexity index is 165. The van der Waals surface area contributed by atoms with Gasteiger partial charge in [-0.15, -0.1) is 0 Å². The number of nitrogens with zero attached hydrogens (tertiary/aromatic N) is 2. The molecule has 1 atom stereocenters. The molecule has 0 aromatic heterocycles. The smallest absolute Gasteiger partial charge is 0.322 e. The predicted molar refractivity (Wildman–Crippen MR) is 41.4 cm³/mol. The number of piperazine rings is 1. The summed E-state index contributed by atoms with van der Waals surface area (Å²) >= 11 is 0. The van der Waals surface area contributed by atoms with Crippen molar-refractivity contribution in [2.24, 2.45) is 0 Å². The fraction of sp³-hybridized carbons (Fsp3) is 0.833. The molecular weight excluding hydrogens is 143 g/mol. The largest absolute Gasteiger partial charge is 0.480 e. The average Bonchev–Trinajstić information content (AvgIpc) is 1.94. The second-order valence-electron chi connectivity index (χ2n) is 2.83. The van der Waals surface area contributed by atoms with Crippen molar-refractivity contribution in [2.45, 2.75) is 6.04 Å². The van der Waals surface area contributed by atoms with Gasteiger partial charge in [-0.1, -0.05) is 0 Å². The molecule has 0 amide bonds. The van der Waals surface area contributed by atoms with Gasteiger partial charge < -0.3 is 9.92 Å². The number of hydrogen-bond acceptors (Lipinski definition) is 3. The van der Waals surface area contributed by atoms with E-state index in [2.05, 4.69) is 0 Å². The molecule has 1 heterocycles. The summed E-state index contributed by atoms with van der Waals surface area (Å²) in [6.45, 7) is 1.86. The van der Waals surface area contributed by atoms with Crippen LogP contribution in [0, 0.1) is 0 Å². The minimum Gasteiger partial charge on any atom is -0.480 e. The first-order valence-electron chi connectivity index (χ1n) is 3.54. The molecule has 0 saturated carbocycles. The molecule has 1 N–H and O–H groups in total. The van der Waals surface area contributed by atoms with E-state index in [9.17, 15) is 4.79 Å². The van der Waals surface area contributed by atoms with E-state index in [4.69, 9.17) is 13.1 Å². The Labute approximate surface area is 67.2 Å². The third-order valence-electron chi connectivity index (χ3n) is 1.96. The first kappa shape index (κ1) is 8.55. The lowest BCUT2D eigenvalue weighted by Gasteiger charge is -2.35. The molecule has 0 bridgehead atoms. The fourth-order valence-corrected chi connectivity index (χ4v) is 1.16. The molecule has 0 aromatic carbocycles. The van der Waals surface area contributed by atoms with Crippen LogP contribution in [-0.4, -0.2) is 61.5 Å². The molecule has 5 heteroatoms. The Morgan fingerprint density at radius 3 is 2.73 bits per heavy atom. The molecule has 0 spiro atoms. The quantitative estimate of drug-likeness (QED) is 0.480. The number of hydrogen-bond donors (Lipinski definition) is 1. The van der Waals surface area contributed by atoms with Crippen LogP contribution in [0.15, 0.2) is 0 Å². The maximum atomic E-state index is 10.6. The highest BCUT2D eigenvalue weighted by molar-refractivity contribution is 6.04. The standard InChI is InChI=1S/C6H11BN2O2/c1-8-2-3-9(7)4-5(8)6(10)11/h5H,2-4H2,1H3,(H,10,11). The Kier molecular flexibility index (Phi) is 2.51. The van der Waals surface area contributed by atoms with Crippen LogP contribution in [-0.2, 0) is 4.79 Å². The number of likely N-dealkylation sites (N-methyl/N-ethyl adjacent to an activating group) is 1. The lowest BCUT2D eigenvalue weighted by atomic mass is 10.1. The Hall–Kier alpha value is -0.545. The topological polar surface area (TPSA) is 43.8 Å². The van der Waals surface area contributed by atoms with Gasteiger partial charge in [-0.2, -0.15) is 0 Å². The Morgan fingerprint density at radius 1 is 1.64 bits per heavy atom. The third kappa shape index (κ3) is 1.94. The molecule has 1 rings (SSSR count). The SMILES string of the molecule is [B]N1CCN(C)C(C(=O)O)C1. The molecule has 11 heavy (non-hydrogen) atoms. The normalized spacial score (nSPS) is 28.6. The van der Waals surface area contributed by atoms with Gasteiger partial charge in [0.15, 0.2) is 7.98 Å². The molecule has 0 aliphatic carbocycles. The van der Waals surface area contributed by atoms with Crippen LogP contribution >= 0.6 is 0 Å². The van der Waals surface area contributed by atoms with Crippen molar-refractivity contribution in [3.63, 3.8) is 0 Å². The van der Waals surface area contributed by atoms with Crippen molar-refractivity contribution in [1.82, 2.24) is 9.71 Å². The number of carboxylic acid groups (broad SMARTS) is 1. The van der Waals surface area contributed by atoms with Crippen LogP contribution < -0.4 is 0 Å². The van der Waals surface area contributed by atoms with Crippen LogP contribution in [0.2, 0.25) is 0 Å². The molecule has 2 radical (unpaired) electrons. The van der Waals surface area contributed by atoms with Gasteiger partial charge in [-0.05, 0) is 13.6 Å². The molecule has 1 aliphatic heterocycles. The number of carboxylic acids is 1. The van der Waals surface area contributed by atoms with Crippen molar-refractivity contribution in [1.29, 1.82) is 0 Å². The summed E-state index contributed by atoms with van der Waals surface area (Å²) in [5.74, 6) is -0.803. The van der Waals surface area contributed by atoms with Gasteiger partial charge in [0.2, 0.25) is 0 Å². The average molecular weight is 154 g/mol. The van der Waals surface area contributed by atoms with Gasteiger partial charge in [0.25, 0.3) is 0 Å². The summed E-state index contributed by atoms with van der Waals surface area (Å²) in [5.41, 5.74) is 0. The zero-order valence-corrected chi connectivity index (χ0v) is 6.53. The van der Waals surface area contributed by atoms with Gasteiger partial charge >= 0.3 is 5.97 Å². The predicted octanol–water partition coefficient (Wildman–Crippen LogP) is -1.23. The van der Waals surface area contributed by atoms with Gasteiger partial charge in [0.1, 0.15) is 6.04 Å². The zero-order chi connectivity index (χ0) is 8.43. The van der Waals surface area contributed by atoms with Crippen LogP contribution in [0.25, 0.3) is 0 Å². The van der Waals surface area contributed by atoms with Crippen LogP contribution in [0.5, 0.6) is 0 Å². The molecule has 1 fully saturated rings. The summed E-state index contributed by atoms with van der Waals surface area (Å²) in [7, 11) is 7.27. The van der Waals surface area contributed by atoms with E-state index >= 15 is 0 Å². The zero-order valence-electron chi connectivity index (χ0n) is 6.53. The van der Waals surface area contributed by atoms with E-state index in [1.54, 1.807) is 16.8 Å². The van der Waals surface area contributed by atoms with Gasteiger partial charge in [-0.3, -0.25) is 9.69 Å². The van der Waals surface area contributed by atoms with E-state index in [0.29, 0.717) is 13.1 Å². The summed E-state index contributed by atoms with van der Waals surface area (Å²) in [5, 5.41) is 8.70. The summed E-state index contributed by atoms with van der Waals surface area (Å²) in [6, 6.07) is -0.450. The second-order valence-corrected chi connectivity index (χ2v) is 2.83. The lowest BCUT2D eigenvalue weighted by Crippen LogP contribution is -2.53. The number of aliphatic carboxylic acids is 1. The number of rotatable bonds is 1. The maximum Gasteiger partial charge on any atom is 0.322 e. The van der Waals surface area contributed by atoms with Gasteiger partial charge in [-0.25, -0.2) is 0 Å². The minimum atomic E-state index is -0.803. The van der Waals surface area contributed by atoms with Crippen LogP contribution in [0.4, 0.5) is 0 Å². The van der Waals surface area contributed by atoms with Crippen LogP contribution in [0.3, 0.4) is 0 Å². The van der Waals surface area contributed by atoms with Crippen molar-refractivity contribution in [3.05, 3.63) is 0 Å². The molecular formula is C6H11BN2O2. The van der Waals surface area contributed by atoms with Gasteiger partial charge in [0.05, 0.1) is 0 Å². The molecule has 4 nitrogen and oxygen atoms in total. The Balaban J connectivity index is 2.54. The van der Waals surface area contributed by atoms with E-state index in [1.807, 2.05) is 0 Å². The minimum absolute atomic E-state index is 0.409. The summed E-state index contributed by atoms with van der Waals surface area (Å²) in [4.78, 5) is 13.9. The lowest BCUT2D eigenvalue weighted by molar-refractivity contribution is -0.144. The molecule has 1 saturated heterocycles. The monoisotopic (exact) mass is 154 g/mol. The Morgan fingerprint density at radius 2 is 2.27 bits per heavy atom. The van der Waals surface area contributed by atoms with Crippen molar-refractivity contribution in [2.75, 3.05) is 26.7 Å². The third-order valence-corrected chi connectivity index (χ3v) is 1.96. The highest BCUT2D eigenvalue weighted by Crippen LogP contribution is 2.04. The van der Waals surface area contributed by atoms with Crippen molar-refractivity contribution < 1.29 is 9.90 Å². The van der Waals surface area contributed by atoms with Crippen LogP contribution in [0.1, 0.15) is 0 Å². The van der Waals surface area contributed by atoms with Crippen molar-refractivity contribution >= 4 is 14.0 Å². The molecule has 0 aromatic rings. The summed E-state index contributed by atoms with van der Waals surface area (Å²) in [6.07, 6.45) is 0. The van der Waals surface area contributed by atoms with E-state index in [1.165, 1.54) is 0 Å². The molecule has 1 unspecified atom stereocenters. The summed E-state index contributed by atoms with van der Waals surface area (Å²) < 4.78 is 0. The first-order valence-corrected chi connectivity index (χ1v) is 3.54. The van der Waals surface area contributed by atoms with Gasteiger partial charge in [0, 0.05) is 13.1 Å². The molecule has 60 valence electrons. The van der Waals surface area contributed by atoms with E-state index < -0.39 is 12.0 Å². The number of carbonyl (C=O) groups is 1. The van der Waals surface area contributed by atoms with Crippen molar-refractivity contribution in [3.8, 4) is 0 Å². The molecule has 1 aliphatic rings. The first-order chi connectivity index (χ1) is 5.11. The highest BCUT2D eigenvalue weighted by atomic mass is 16.4.